The number of nitro benzene ring substituents is 1. The average Bonchev–Trinajstić information content (AvgIpc) is 2.91. The fourth-order valence-corrected chi connectivity index (χ4v) is 3.51. The van der Waals surface area contributed by atoms with E-state index in [9.17, 15) is 20.2 Å². The van der Waals surface area contributed by atoms with Crippen molar-refractivity contribution in [3.8, 4) is 29.1 Å². The molecule has 0 unspecified atom stereocenters. The SMILES string of the molecule is COc1cc(NC(=O)/C(C#N)=C/c2ccc(OCc3cccc([N+](=O)[O-])c3)c(OC)c2)c(OC)cc1Cl. The van der Waals surface area contributed by atoms with Gasteiger partial charge in [0.1, 0.15) is 29.7 Å². The molecule has 0 aliphatic carbocycles. The topological polar surface area (TPSA) is 133 Å². The monoisotopic (exact) mass is 523 g/mol. The van der Waals surface area contributed by atoms with Gasteiger partial charge in [-0.25, -0.2) is 0 Å². The largest absolute Gasteiger partial charge is 0.495 e. The summed E-state index contributed by atoms with van der Waals surface area (Å²) in [5, 5.41) is 23.5. The summed E-state index contributed by atoms with van der Waals surface area (Å²) < 4.78 is 21.6. The van der Waals surface area contributed by atoms with Gasteiger partial charge in [0.05, 0.1) is 37.0 Å². The number of benzene rings is 3. The second-order valence-corrected chi connectivity index (χ2v) is 7.84. The molecule has 3 aromatic carbocycles. The zero-order valence-corrected chi connectivity index (χ0v) is 20.9. The van der Waals surface area contributed by atoms with Crippen LogP contribution in [0.15, 0.2) is 60.2 Å². The summed E-state index contributed by atoms with van der Waals surface area (Å²) >= 11 is 6.10. The zero-order chi connectivity index (χ0) is 26.9. The number of methoxy groups -OCH3 is 3. The van der Waals surface area contributed by atoms with E-state index >= 15 is 0 Å². The molecule has 0 atom stereocenters. The predicted molar refractivity (Wildman–Crippen MR) is 137 cm³/mol. The maximum atomic E-state index is 12.8. The molecular weight excluding hydrogens is 502 g/mol. The minimum atomic E-state index is -0.671. The van der Waals surface area contributed by atoms with Crippen LogP contribution in [-0.4, -0.2) is 32.2 Å². The molecule has 0 heterocycles. The summed E-state index contributed by atoms with van der Waals surface area (Å²) in [5.41, 5.74) is 1.18. The third kappa shape index (κ3) is 6.68. The van der Waals surface area contributed by atoms with E-state index < -0.39 is 10.8 Å². The van der Waals surface area contributed by atoms with Crippen LogP contribution in [0.1, 0.15) is 11.1 Å². The maximum absolute atomic E-state index is 12.8. The lowest BCUT2D eigenvalue weighted by molar-refractivity contribution is -0.384. The molecule has 0 aromatic heterocycles. The normalized spacial score (nSPS) is 10.7. The Balaban J connectivity index is 1.80. The molecule has 0 bridgehead atoms. The molecule has 3 rings (SSSR count). The Morgan fingerprint density at radius 2 is 1.76 bits per heavy atom. The maximum Gasteiger partial charge on any atom is 0.269 e. The van der Waals surface area contributed by atoms with E-state index in [2.05, 4.69) is 5.32 Å². The Morgan fingerprint density at radius 1 is 1.03 bits per heavy atom. The van der Waals surface area contributed by atoms with E-state index in [0.717, 1.165) is 0 Å². The Kier molecular flexibility index (Phi) is 8.91. The highest BCUT2D eigenvalue weighted by Crippen LogP contribution is 2.36. The number of amides is 1. The number of rotatable bonds is 10. The Labute approximate surface area is 217 Å². The smallest absolute Gasteiger partial charge is 0.269 e. The van der Waals surface area contributed by atoms with Crippen molar-refractivity contribution in [2.45, 2.75) is 6.61 Å². The third-order valence-corrected chi connectivity index (χ3v) is 5.40. The number of halogens is 1. The standard InChI is InChI=1S/C26H22ClN3O7/c1-34-23-13-21(24(35-2)12-20(23)27)29-26(31)18(14-28)9-16-7-8-22(25(11-16)36-3)37-15-17-5-4-6-19(10-17)30(32)33/h4-13H,15H2,1-3H3,(H,29,31)/b18-9+. The van der Waals surface area contributed by atoms with Gasteiger partial charge in [-0.2, -0.15) is 5.26 Å². The number of hydrogen-bond donors (Lipinski definition) is 1. The number of non-ortho nitro benzene ring substituents is 1. The van der Waals surface area contributed by atoms with E-state index in [0.29, 0.717) is 39.1 Å². The van der Waals surface area contributed by atoms with Gasteiger partial charge in [-0.1, -0.05) is 29.8 Å². The number of nitrogens with one attached hydrogen (secondary N) is 1. The minimum absolute atomic E-state index is 0.0366. The number of anilines is 1. The van der Waals surface area contributed by atoms with Gasteiger partial charge in [-0.3, -0.25) is 14.9 Å². The quantitative estimate of drug-likeness (QED) is 0.162. The van der Waals surface area contributed by atoms with Crippen molar-refractivity contribution in [2.75, 3.05) is 26.6 Å². The number of nitriles is 1. The van der Waals surface area contributed by atoms with Crippen LogP contribution < -0.4 is 24.3 Å². The van der Waals surface area contributed by atoms with Crippen molar-refractivity contribution in [1.29, 1.82) is 5.26 Å². The van der Waals surface area contributed by atoms with Crippen molar-refractivity contribution in [2.24, 2.45) is 0 Å². The molecular formula is C26H22ClN3O7. The summed E-state index contributed by atoms with van der Waals surface area (Å²) in [6.45, 7) is 0.0749. The molecule has 10 nitrogen and oxygen atoms in total. The summed E-state index contributed by atoms with van der Waals surface area (Å²) in [5.74, 6) is 0.678. The van der Waals surface area contributed by atoms with E-state index in [4.69, 9.17) is 30.5 Å². The molecule has 0 aliphatic rings. The van der Waals surface area contributed by atoms with Crippen LogP contribution >= 0.6 is 11.6 Å². The first kappa shape index (κ1) is 26.8. The van der Waals surface area contributed by atoms with Crippen LogP contribution in [0.3, 0.4) is 0 Å². The first-order chi connectivity index (χ1) is 17.8. The predicted octanol–water partition coefficient (Wildman–Crippen LogP) is 5.40. The second-order valence-electron chi connectivity index (χ2n) is 7.44. The molecule has 0 saturated carbocycles. The number of carbonyl (C=O) groups excluding carboxylic acids is 1. The van der Waals surface area contributed by atoms with E-state index in [1.165, 1.54) is 51.7 Å². The molecule has 11 heteroatoms. The van der Waals surface area contributed by atoms with Crippen molar-refractivity contribution >= 4 is 35.0 Å². The van der Waals surface area contributed by atoms with Crippen LogP contribution in [0.2, 0.25) is 5.02 Å². The van der Waals surface area contributed by atoms with Crippen molar-refractivity contribution in [3.05, 3.63) is 86.4 Å². The van der Waals surface area contributed by atoms with Crippen LogP contribution in [0.25, 0.3) is 6.08 Å². The average molecular weight is 524 g/mol. The molecule has 0 saturated heterocycles. The minimum Gasteiger partial charge on any atom is -0.495 e. The van der Waals surface area contributed by atoms with Gasteiger partial charge in [0.15, 0.2) is 11.5 Å². The second kappa shape index (κ2) is 12.3. The molecule has 37 heavy (non-hydrogen) atoms. The highest BCUT2D eigenvalue weighted by Gasteiger charge is 2.16. The van der Waals surface area contributed by atoms with Crippen LogP contribution in [0.4, 0.5) is 11.4 Å². The third-order valence-electron chi connectivity index (χ3n) is 5.10. The Bertz CT molecular complexity index is 1400. The number of nitro groups is 1. The summed E-state index contributed by atoms with van der Waals surface area (Å²) in [4.78, 5) is 23.3. The molecule has 0 radical (unpaired) electrons. The van der Waals surface area contributed by atoms with Crippen LogP contribution in [0.5, 0.6) is 23.0 Å². The lowest BCUT2D eigenvalue weighted by Gasteiger charge is -2.13. The van der Waals surface area contributed by atoms with Crippen molar-refractivity contribution < 1.29 is 28.7 Å². The Morgan fingerprint density at radius 3 is 2.41 bits per heavy atom. The van der Waals surface area contributed by atoms with Gasteiger partial charge >= 0.3 is 0 Å². The number of nitrogens with zero attached hydrogens (tertiary/aromatic N) is 2. The van der Waals surface area contributed by atoms with Gasteiger partial charge < -0.3 is 24.3 Å². The summed E-state index contributed by atoms with van der Waals surface area (Å²) in [6.07, 6.45) is 1.39. The van der Waals surface area contributed by atoms with E-state index in [-0.39, 0.29) is 23.6 Å². The fourth-order valence-electron chi connectivity index (χ4n) is 3.28. The van der Waals surface area contributed by atoms with Crippen LogP contribution in [-0.2, 0) is 11.4 Å². The first-order valence-electron chi connectivity index (χ1n) is 10.7. The number of hydrogen-bond acceptors (Lipinski definition) is 8. The van der Waals surface area contributed by atoms with E-state index in [1.807, 2.05) is 6.07 Å². The summed E-state index contributed by atoms with van der Waals surface area (Å²) in [6, 6.07) is 15.8. The lowest BCUT2D eigenvalue weighted by Crippen LogP contribution is -2.14. The Hall–Kier alpha value is -4.75. The van der Waals surface area contributed by atoms with Gasteiger partial charge in [0.25, 0.3) is 11.6 Å². The van der Waals surface area contributed by atoms with E-state index in [1.54, 1.807) is 30.3 Å². The van der Waals surface area contributed by atoms with Gasteiger partial charge in [-0.15, -0.1) is 0 Å². The van der Waals surface area contributed by atoms with Gasteiger partial charge in [0, 0.05) is 24.3 Å². The highest BCUT2D eigenvalue weighted by molar-refractivity contribution is 6.32. The molecule has 0 spiro atoms. The molecule has 0 aliphatic heterocycles. The van der Waals surface area contributed by atoms with Crippen molar-refractivity contribution in [3.63, 3.8) is 0 Å². The van der Waals surface area contributed by atoms with Crippen LogP contribution in [0, 0.1) is 21.4 Å². The zero-order valence-electron chi connectivity index (χ0n) is 20.1. The molecule has 1 amide bonds. The van der Waals surface area contributed by atoms with Gasteiger partial charge in [-0.05, 0) is 29.3 Å². The summed E-state index contributed by atoms with van der Waals surface area (Å²) in [7, 11) is 4.30. The van der Waals surface area contributed by atoms with Crippen molar-refractivity contribution in [1.82, 2.24) is 0 Å². The molecule has 3 aromatic rings. The highest BCUT2D eigenvalue weighted by atomic mass is 35.5. The number of ether oxygens (including phenoxy) is 4. The molecule has 1 N–H and O–H groups in total. The lowest BCUT2D eigenvalue weighted by atomic mass is 10.1. The molecule has 0 fully saturated rings. The fraction of sp³-hybridized carbons (Fsp3) is 0.154. The number of carbonyl (C=O) groups is 1. The molecule has 190 valence electrons. The first-order valence-corrected chi connectivity index (χ1v) is 11.1. The van der Waals surface area contributed by atoms with Gasteiger partial charge in [0.2, 0.25) is 0 Å².